The molecule has 5 heteroatoms. The highest BCUT2D eigenvalue weighted by Gasteiger charge is 2.07. The van der Waals surface area contributed by atoms with E-state index in [1.165, 1.54) is 0 Å². The summed E-state index contributed by atoms with van der Waals surface area (Å²) in [7, 11) is 0. The second-order valence-electron chi connectivity index (χ2n) is 2.06. The first-order chi connectivity index (χ1) is 5.65. The minimum atomic E-state index is -0.698. The molecule has 0 spiro atoms. The Hall–Kier alpha value is -0.970. The molecule has 0 amide bonds. The van der Waals surface area contributed by atoms with Crippen molar-refractivity contribution in [3.63, 3.8) is 0 Å². The molecule has 0 fully saturated rings. The van der Waals surface area contributed by atoms with Gasteiger partial charge in [-0.2, -0.15) is 5.10 Å². The Bertz CT molecular complexity index is 302. The molecule has 64 valence electrons. The fourth-order valence-electron chi connectivity index (χ4n) is 0.751. The van der Waals surface area contributed by atoms with Gasteiger partial charge in [-0.25, -0.2) is 8.78 Å². The van der Waals surface area contributed by atoms with Gasteiger partial charge in [0.25, 0.3) is 0 Å². The maximum atomic E-state index is 12.9. The molecule has 12 heavy (non-hydrogen) atoms. The Kier molecular flexibility index (Phi) is 2.75. The van der Waals surface area contributed by atoms with Gasteiger partial charge in [0.2, 0.25) is 0 Å². The molecule has 0 atom stereocenters. The first-order valence-corrected chi connectivity index (χ1v) is 3.82. The van der Waals surface area contributed by atoms with Crippen molar-refractivity contribution in [1.82, 2.24) is 0 Å². The van der Waals surface area contributed by atoms with Crippen molar-refractivity contribution in [2.75, 3.05) is 0 Å². The molecule has 1 aromatic rings. The maximum absolute atomic E-state index is 12.9. The van der Waals surface area contributed by atoms with Crippen molar-refractivity contribution in [2.24, 2.45) is 10.9 Å². The van der Waals surface area contributed by atoms with E-state index in [0.29, 0.717) is 4.47 Å². The fraction of sp³-hybridized carbons (Fsp3) is 0. The van der Waals surface area contributed by atoms with Gasteiger partial charge in [-0.1, -0.05) is 15.9 Å². The summed E-state index contributed by atoms with van der Waals surface area (Å²) < 4.78 is 26.1. The molecule has 0 aliphatic carbocycles. The Morgan fingerprint density at radius 1 is 1.33 bits per heavy atom. The molecule has 0 unspecified atom stereocenters. The van der Waals surface area contributed by atoms with Crippen molar-refractivity contribution in [3.05, 3.63) is 33.8 Å². The van der Waals surface area contributed by atoms with Gasteiger partial charge in [-0.15, -0.1) is 0 Å². The first kappa shape index (κ1) is 9.12. The zero-order valence-electron chi connectivity index (χ0n) is 5.89. The van der Waals surface area contributed by atoms with Gasteiger partial charge < -0.3 is 5.84 Å². The predicted molar refractivity (Wildman–Crippen MR) is 45.8 cm³/mol. The molecule has 0 radical (unpaired) electrons. The van der Waals surface area contributed by atoms with Crippen LogP contribution in [-0.2, 0) is 0 Å². The van der Waals surface area contributed by atoms with Crippen LogP contribution < -0.4 is 5.84 Å². The van der Waals surface area contributed by atoms with Crippen LogP contribution in [-0.4, -0.2) is 6.21 Å². The molecule has 0 aliphatic rings. The molecular formula is C7H5BrF2N2. The zero-order valence-corrected chi connectivity index (χ0v) is 7.48. The number of hydrogen-bond acceptors (Lipinski definition) is 2. The fourth-order valence-corrected chi connectivity index (χ4v) is 1.15. The summed E-state index contributed by atoms with van der Waals surface area (Å²) in [6.07, 6.45) is 0.928. The third kappa shape index (κ3) is 1.79. The number of hydrazone groups is 1. The van der Waals surface area contributed by atoms with E-state index in [-0.39, 0.29) is 5.56 Å². The average Bonchev–Trinajstić information content (AvgIpc) is 1.96. The zero-order chi connectivity index (χ0) is 9.14. The SMILES string of the molecule is NN=Cc1c(F)cc(Br)cc1F. The molecule has 0 saturated carbocycles. The molecule has 0 aliphatic heterocycles. The van der Waals surface area contributed by atoms with Crippen LogP contribution in [0.1, 0.15) is 5.56 Å². The number of rotatable bonds is 1. The van der Waals surface area contributed by atoms with E-state index >= 15 is 0 Å². The highest BCUT2D eigenvalue weighted by Crippen LogP contribution is 2.17. The number of nitrogens with zero attached hydrogens (tertiary/aromatic N) is 1. The van der Waals surface area contributed by atoms with Crippen LogP contribution in [0.4, 0.5) is 8.78 Å². The summed E-state index contributed by atoms with van der Waals surface area (Å²) in [5.41, 5.74) is -0.235. The molecule has 0 bridgehead atoms. The van der Waals surface area contributed by atoms with Crippen molar-refractivity contribution < 1.29 is 8.78 Å². The van der Waals surface area contributed by atoms with Crippen LogP contribution in [0.3, 0.4) is 0 Å². The number of hydrogen-bond donors (Lipinski definition) is 1. The molecule has 2 N–H and O–H groups in total. The van der Waals surface area contributed by atoms with Crippen LogP contribution in [0, 0.1) is 11.6 Å². The minimum absolute atomic E-state index is 0.235. The van der Waals surface area contributed by atoms with Gasteiger partial charge in [0.05, 0.1) is 11.8 Å². The predicted octanol–water partition coefficient (Wildman–Crippen LogP) is 2.02. The van der Waals surface area contributed by atoms with Crippen molar-refractivity contribution in [1.29, 1.82) is 0 Å². The van der Waals surface area contributed by atoms with Crippen molar-refractivity contribution >= 4 is 22.1 Å². The summed E-state index contributed by atoms with van der Waals surface area (Å²) in [5, 5.41) is 3.04. The monoisotopic (exact) mass is 234 g/mol. The molecular weight excluding hydrogens is 230 g/mol. The number of halogens is 3. The molecule has 0 aromatic heterocycles. The summed E-state index contributed by atoms with van der Waals surface area (Å²) in [6.45, 7) is 0. The lowest BCUT2D eigenvalue weighted by Crippen LogP contribution is -1.96. The maximum Gasteiger partial charge on any atom is 0.136 e. The highest BCUT2D eigenvalue weighted by molar-refractivity contribution is 9.10. The van der Waals surface area contributed by atoms with E-state index < -0.39 is 11.6 Å². The van der Waals surface area contributed by atoms with E-state index in [0.717, 1.165) is 18.3 Å². The Morgan fingerprint density at radius 3 is 2.25 bits per heavy atom. The normalized spacial score (nSPS) is 10.9. The standard InChI is InChI=1S/C7H5BrF2N2/c8-4-1-6(9)5(3-12-11)7(10)2-4/h1-3H,11H2. The molecule has 0 heterocycles. The topological polar surface area (TPSA) is 38.4 Å². The third-order valence-corrected chi connectivity index (χ3v) is 1.71. The Labute approximate surface area is 76.2 Å². The average molecular weight is 235 g/mol. The van der Waals surface area contributed by atoms with Gasteiger partial charge in [0.1, 0.15) is 11.6 Å². The lowest BCUT2D eigenvalue weighted by Gasteiger charge is -1.98. The highest BCUT2D eigenvalue weighted by atomic mass is 79.9. The van der Waals surface area contributed by atoms with Gasteiger partial charge in [-0.3, -0.25) is 0 Å². The molecule has 2 nitrogen and oxygen atoms in total. The third-order valence-electron chi connectivity index (χ3n) is 1.25. The van der Waals surface area contributed by atoms with Crippen LogP contribution in [0.25, 0.3) is 0 Å². The lowest BCUT2D eigenvalue weighted by molar-refractivity contribution is 0.578. The van der Waals surface area contributed by atoms with Gasteiger partial charge >= 0.3 is 0 Å². The summed E-state index contributed by atoms with van der Waals surface area (Å²) in [5.74, 6) is 3.36. The van der Waals surface area contributed by atoms with E-state index in [4.69, 9.17) is 5.84 Å². The van der Waals surface area contributed by atoms with Crippen LogP contribution in [0.15, 0.2) is 21.7 Å². The van der Waals surface area contributed by atoms with Gasteiger partial charge in [0.15, 0.2) is 0 Å². The largest absolute Gasteiger partial charge is 0.323 e. The van der Waals surface area contributed by atoms with E-state index in [9.17, 15) is 8.78 Å². The van der Waals surface area contributed by atoms with Crippen LogP contribution in [0.2, 0.25) is 0 Å². The number of nitrogens with two attached hydrogens (primary N) is 1. The summed E-state index contributed by atoms with van der Waals surface area (Å²) in [6, 6.07) is 2.28. The van der Waals surface area contributed by atoms with Gasteiger partial charge in [-0.05, 0) is 12.1 Å². The minimum Gasteiger partial charge on any atom is -0.323 e. The lowest BCUT2D eigenvalue weighted by atomic mass is 10.2. The second kappa shape index (κ2) is 3.62. The Morgan fingerprint density at radius 2 is 1.83 bits per heavy atom. The molecule has 1 rings (SSSR count). The molecule has 1 aromatic carbocycles. The van der Waals surface area contributed by atoms with Crippen molar-refractivity contribution in [3.8, 4) is 0 Å². The van der Waals surface area contributed by atoms with E-state index in [1.807, 2.05) is 0 Å². The van der Waals surface area contributed by atoms with Crippen molar-refractivity contribution in [2.45, 2.75) is 0 Å². The second-order valence-corrected chi connectivity index (χ2v) is 2.98. The number of benzene rings is 1. The van der Waals surface area contributed by atoms with Crippen LogP contribution in [0.5, 0.6) is 0 Å². The summed E-state index contributed by atoms with van der Waals surface area (Å²) in [4.78, 5) is 0. The first-order valence-electron chi connectivity index (χ1n) is 3.03. The molecule has 0 saturated heterocycles. The van der Waals surface area contributed by atoms with E-state index in [2.05, 4.69) is 21.0 Å². The van der Waals surface area contributed by atoms with Gasteiger partial charge in [0, 0.05) is 4.47 Å². The smallest absolute Gasteiger partial charge is 0.136 e. The van der Waals surface area contributed by atoms with Crippen LogP contribution >= 0.6 is 15.9 Å². The summed E-state index contributed by atoms with van der Waals surface area (Å²) >= 11 is 2.94. The Balaban J connectivity index is 3.28. The van der Waals surface area contributed by atoms with E-state index in [1.54, 1.807) is 0 Å². The quantitative estimate of drug-likeness (QED) is 0.451.